The van der Waals surface area contributed by atoms with E-state index in [9.17, 15) is 0 Å². The van der Waals surface area contributed by atoms with Crippen LogP contribution >= 0.6 is 0 Å². The summed E-state index contributed by atoms with van der Waals surface area (Å²) in [5, 5.41) is 20.3. The summed E-state index contributed by atoms with van der Waals surface area (Å²) < 4.78 is 11.7. The fourth-order valence-corrected chi connectivity index (χ4v) is 3.96. The number of hydrogen-bond donors (Lipinski definition) is 2. The Labute approximate surface area is 182 Å². The van der Waals surface area contributed by atoms with Crippen LogP contribution < -0.4 is 14.8 Å². The lowest BCUT2D eigenvalue weighted by molar-refractivity contribution is 0.206. The van der Waals surface area contributed by atoms with Crippen LogP contribution in [0.15, 0.2) is 42.5 Å². The van der Waals surface area contributed by atoms with Crippen molar-refractivity contribution in [2.75, 3.05) is 12.4 Å². The number of rotatable bonds is 6. The third kappa shape index (κ3) is 4.22. The Morgan fingerprint density at radius 3 is 2.77 bits per heavy atom. The molecule has 4 rings (SSSR count). The molecule has 2 N–H and O–H groups in total. The summed E-state index contributed by atoms with van der Waals surface area (Å²) in [6.07, 6.45) is 3.05. The first kappa shape index (κ1) is 20.4. The SMILES string of the molecule is COc1cc(Nc2cc(O[C@@H]3CCc4cc(C#N)ccc43)c(C)cc2C=N)cc(C)n1. The minimum absolute atomic E-state index is 0.0524. The number of anilines is 2. The second-order valence-electron chi connectivity index (χ2n) is 7.68. The van der Waals surface area contributed by atoms with E-state index in [2.05, 4.69) is 16.4 Å². The van der Waals surface area contributed by atoms with E-state index in [0.717, 1.165) is 52.4 Å². The number of methoxy groups -OCH3 is 1. The molecule has 0 saturated carbocycles. The molecular weight excluding hydrogens is 388 g/mol. The molecule has 0 fully saturated rings. The van der Waals surface area contributed by atoms with Crippen molar-refractivity contribution in [3.8, 4) is 17.7 Å². The molecule has 0 aliphatic heterocycles. The molecule has 1 atom stereocenters. The van der Waals surface area contributed by atoms with Gasteiger partial charge in [0.1, 0.15) is 11.9 Å². The van der Waals surface area contributed by atoms with Crippen molar-refractivity contribution in [3.63, 3.8) is 0 Å². The van der Waals surface area contributed by atoms with Gasteiger partial charge in [-0.15, -0.1) is 0 Å². The number of aromatic nitrogens is 1. The molecule has 1 heterocycles. The molecule has 2 aromatic carbocycles. The first-order chi connectivity index (χ1) is 15.0. The third-order valence-electron chi connectivity index (χ3n) is 5.48. The smallest absolute Gasteiger partial charge is 0.215 e. The number of nitriles is 1. The van der Waals surface area contributed by atoms with Crippen molar-refractivity contribution in [1.82, 2.24) is 4.98 Å². The highest BCUT2D eigenvalue weighted by Crippen LogP contribution is 2.38. The van der Waals surface area contributed by atoms with E-state index in [0.29, 0.717) is 11.4 Å². The first-order valence-electron chi connectivity index (χ1n) is 10.1. The van der Waals surface area contributed by atoms with Gasteiger partial charge in [-0.05, 0) is 67.6 Å². The first-order valence-corrected chi connectivity index (χ1v) is 10.1. The van der Waals surface area contributed by atoms with Crippen molar-refractivity contribution < 1.29 is 9.47 Å². The number of benzene rings is 2. The molecule has 0 unspecified atom stereocenters. The highest BCUT2D eigenvalue weighted by atomic mass is 16.5. The van der Waals surface area contributed by atoms with Gasteiger partial charge in [0.05, 0.1) is 24.4 Å². The van der Waals surface area contributed by atoms with Gasteiger partial charge in [-0.1, -0.05) is 6.07 Å². The van der Waals surface area contributed by atoms with Crippen molar-refractivity contribution >= 4 is 17.6 Å². The summed E-state index contributed by atoms with van der Waals surface area (Å²) in [6, 6.07) is 15.6. The summed E-state index contributed by atoms with van der Waals surface area (Å²) in [5.74, 6) is 1.30. The fraction of sp³-hybridized carbons (Fsp3) is 0.240. The average molecular weight is 412 g/mol. The number of ether oxygens (including phenoxy) is 2. The summed E-state index contributed by atoms with van der Waals surface area (Å²) in [5.41, 5.74) is 7.17. The van der Waals surface area contributed by atoms with E-state index in [1.807, 2.05) is 56.3 Å². The van der Waals surface area contributed by atoms with Crippen molar-refractivity contribution in [1.29, 1.82) is 10.7 Å². The van der Waals surface area contributed by atoms with Gasteiger partial charge in [0, 0.05) is 35.3 Å². The highest BCUT2D eigenvalue weighted by Gasteiger charge is 2.25. The van der Waals surface area contributed by atoms with E-state index in [-0.39, 0.29) is 6.10 Å². The van der Waals surface area contributed by atoms with Gasteiger partial charge >= 0.3 is 0 Å². The van der Waals surface area contributed by atoms with Gasteiger partial charge in [0.2, 0.25) is 5.88 Å². The van der Waals surface area contributed by atoms with Gasteiger partial charge in [0.15, 0.2) is 0 Å². The van der Waals surface area contributed by atoms with Crippen LogP contribution in [0, 0.1) is 30.6 Å². The number of fused-ring (bicyclic) bond motifs is 1. The Morgan fingerprint density at radius 1 is 1.19 bits per heavy atom. The minimum atomic E-state index is -0.0524. The molecule has 0 saturated heterocycles. The monoisotopic (exact) mass is 412 g/mol. The van der Waals surface area contributed by atoms with E-state index >= 15 is 0 Å². The molecule has 3 aromatic rings. The second kappa shape index (κ2) is 8.49. The lowest BCUT2D eigenvalue weighted by atomic mass is 10.1. The summed E-state index contributed by atoms with van der Waals surface area (Å²) in [4.78, 5) is 4.32. The number of pyridine rings is 1. The van der Waals surface area contributed by atoms with Gasteiger partial charge in [0.25, 0.3) is 0 Å². The molecule has 6 heteroatoms. The lowest BCUT2D eigenvalue weighted by Crippen LogP contribution is -2.06. The molecule has 156 valence electrons. The van der Waals surface area contributed by atoms with Gasteiger partial charge in [-0.2, -0.15) is 5.26 Å². The average Bonchev–Trinajstić information content (AvgIpc) is 3.17. The lowest BCUT2D eigenvalue weighted by Gasteiger charge is -2.19. The molecule has 31 heavy (non-hydrogen) atoms. The van der Waals surface area contributed by atoms with E-state index in [4.69, 9.17) is 20.1 Å². The highest BCUT2D eigenvalue weighted by molar-refractivity contribution is 5.88. The molecular formula is C25H24N4O2. The summed E-state index contributed by atoms with van der Waals surface area (Å²) in [7, 11) is 1.59. The Bertz CT molecular complexity index is 1200. The number of aryl methyl sites for hydroxylation is 3. The largest absolute Gasteiger partial charge is 0.485 e. The van der Waals surface area contributed by atoms with Gasteiger partial charge in [-0.3, -0.25) is 0 Å². The fourth-order valence-electron chi connectivity index (χ4n) is 3.96. The van der Waals surface area contributed by atoms with Gasteiger partial charge < -0.3 is 20.2 Å². The molecule has 0 amide bonds. The Balaban J connectivity index is 1.64. The normalized spacial score (nSPS) is 14.5. The Hall–Kier alpha value is -3.85. The van der Waals surface area contributed by atoms with E-state index < -0.39 is 0 Å². The molecule has 0 spiro atoms. The quantitative estimate of drug-likeness (QED) is 0.530. The van der Waals surface area contributed by atoms with Gasteiger partial charge in [-0.25, -0.2) is 4.98 Å². The van der Waals surface area contributed by atoms with Crippen LogP contribution in [-0.2, 0) is 6.42 Å². The second-order valence-corrected chi connectivity index (χ2v) is 7.68. The number of nitrogens with zero attached hydrogens (tertiary/aromatic N) is 2. The van der Waals surface area contributed by atoms with Crippen LogP contribution in [0.2, 0.25) is 0 Å². The van der Waals surface area contributed by atoms with Crippen LogP contribution in [0.1, 0.15) is 46.0 Å². The molecule has 6 nitrogen and oxygen atoms in total. The van der Waals surface area contributed by atoms with Crippen molar-refractivity contribution in [3.05, 3.63) is 76.0 Å². The zero-order chi connectivity index (χ0) is 22.0. The zero-order valence-electron chi connectivity index (χ0n) is 17.8. The molecule has 0 bridgehead atoms. The summed E-state index contributed by atoms with van der Waals surface area (Å²) in [6.45, 7) is 3.89. The topological polar surface area (TPSA) is 91.0 Å². The van der Waals surface area contributed by atoms with Crippen LogP contribution in [0.4, 0.5) is 11.4 Å². The van der Waals surface area contributed by atoms with E-state index in [1.165, 1.54) is 11.8 Å². The Morgan fingerprint density at radius 2 is 2.03 bits per heavy atom. The van der Waals surface area contributed by atoms with Crippen molar-refractivity contribution in [2.45, 2.75) is 32.8 Å². The zero-order valence-corrected chi connectivity index (χ0v) is 17.8. The maximum Gasteiger partial charge on any atom is 0.215 e. The predicted molar refractivity (Wildman–Crippen MR) is 121 cm³/mol. The minimum Gasteiger partial charge on any atom is -0.485 e. The van der Waals surface area contributed by atoms with Crippen LogP contribution in [-0.4, -0.2) is 18.3 Å². The third-order valence-corrected chi connectivity index (χ3v) is 5.48. The molecule has 0 radical (unpaired) electrons. The number of hydrogen-bond acceptors (Lipinski definition) is 6. The standard InChI is InChI=1S/C25H24N4O2/c1-15-8-19(14-27)22(29-20-9-16(2)28-25(11-20)30-3)12-24(15)31-23-7-5-18-10-17(13-26)4-6-21(18)23/h4,6,8-12,14,23,27H,5,7H2,1-3H3,(H,28,29)/t23-/m1/s1. The predicted octanol–water partition coefficient (Wildman–Crippen LogP) is 5.39. The van der Waals surface area contributed by atoms with Crippen molar-refractivity contribution in [2.24, 2.45) is 0 Å². The Kier molecular flexibility index (Phi) is 5.59. The molecule has 1 aliphatic rings. The van der Waals surface area contributed by atoms with Crippen LogP contribution in [0.25, 0.3) is 0 Å². The van der Waals surface area contributed by atoms with Crippen LogP contribution in [0.3, 0.4) is 0 Å². The molecule has 1 aliphatic carbocycles. The maximum atomic E-state index is 9.14. The number of nitrogens with one attached hydrogen (secondary N) is 2. The van der Waals surface area contributed by atoms with Crippen LogP contribution in [0.5, 0.6) is 11.6 Å². The van der Waals surface area contributed by atoms with E-state index in [1.54, 1.807) is 7.11 Å². The maximum absolute atomic E-state index is 9.14. The summed E-state index contributed by atoms with van der Waals surface area (Å²) >= 11 is 0. The molecule has 1 aromatic heterocycles.